The van der Waals surface area contributed by atoms with Gasteiger partial charge in [-0.15, -0.1) is 0 Å². The van der Waals surface area contributed by atoms with Crippen molar-refractivity contribution in [3.8, 4) is 0 Å². The van der Waals surface area contributed by atoms with Crippen LogP contribution < -0.4 is 15.4 Å². The standard InChI is InChI=1S/C19H24ClN3O3S/c1-3-23(4-2)13-15-7-5-14(6-8-15)12-22-19(24)16-9-10-17(20)18(11-16)27(21,25)26/h5-11H,3-4,12-13H2,1-2H3,(H,22,24)(H2,21,25,26)/p+1. The highest BCUT2D eigenvalue weighted by atomic mass is 35.5. The number of benzene rings is 2. The van der Waals surface area contributed by atoms with Gasteiger partial charge in [0, 0.05) is 17.7 Å². The molecule has 0 saturated carbocycles. The molecule has 27 heavy (non-hydrogen) atoms. The molecular formula is C19H25ClN3O3S+. The van der Waals surface area contributed by atoms with Crippen molar-refractivity contribution in [3.63, 3.8) is 0 Å². The molecule has 0 unspecified atom stereocenters. The van der Waals surface area contributed by atoms with Crippen molar-refractivity contribution >= 4 is 27.5 Å². The van der Waals surface area contributed by atoms with Gasteiger partial charge in [0.15, 0.2) is 0 Å². The van der Waals surface area contributed by atoms with Crippen LogP contribution in [0.25, 0.3) is 0 Å². The SMILES string of the molecule is CC[NH+](CC)Cc1ccc(CNC(=O)c2ccc(Cl)c(S(N)(=O)=O)c2)cc1. The van der Waals surface area contributed by atoms with Crippen LogP contribution in [-0.4, -0.2) is 27.4 Å². The molecule has 2 aromatic rings. The maximum Gasteiger partial charge on any atom is 0.251 e. The van der Waals surface area contributed by atoms with Gasteiger partial charge in [-0.1, -0.05) is 35.9 Å². The molecule has 0 atom stereocenters. The summed E-state index contributed by atoms with van der Waals surface area (Å²) in [5.74, 6) is -0.395. The third-order valence-corrected chi connectivity index (χ3v) is 5.82. The molecule has 0 aliphatic heterocycles. The van der Waals surface area contributed by atoms with Crippen molar-refractivity contribution < 1.29 is 18.1 Å². The van der Waals surface area contributed by atoms with Crippen molar-refractivity contribution in [1.82, 2.24) is 5.32 Å². The van der Waals surface area contributed by atoms with Gasteiger partial charge in [-0.25, -0.2) is 13.6 Å². The molecule has 2 rings (SSSR count). The Morgan fingerprint density at radius 2 is 1.67 bits per heavy atom. The normalized spacial score (nSPS) is 11.6. The predicted molar refractivity (Wildman–Crippen MR) is 106 cm³/mol. The fourth-order valence-corrected chi connectivity index (χ4v) is 3.78. The Balaban J connectivity index is 2.01. The Kier molecular flexibility index (Phi) is 7.38. The van der Waals surface area contributed by atoms with E-state index in [0.717, 1.165) is 25.2 Å². The van der Waals surface area contributed by atoms with Crippen molar-refractivity contribution in [1.29, 1.82) is 0 Å². The van der Waals surface area contributed by atoms with Gasteiger partial charge >= 0.3 is 0 Å². The van der Waals surface area contributed by atoms with Crippen LogP contribution in [-0.2, 0) is 23.1 Å². The number of sulfonamides is 1. The third-order valence-electron chi connectivity index (χ3n) is 4.43. The largest absolute Gasteiger partial charge is 0.348 e. The Labute approximate surface area is 165 Å². The predicted octanol–water partition coefficient (Wildman–Crippen LogP) is 1.34. The first-order valence-corrected chi connectivity index (χ1v) is 10.7. The lowest BCUT2D eigenvalue weighted by Gasteiger charge is -2.15. The minimum Gasteiger partial charge on any atom is -0.348 e. The van der Waals surface area contributed by atoms with Crippen molar-refractivity contribution in [3.05, 3.63) is 64.2 Å². The first-order valence-electron chi connectivity index (χ1n) is 8.76. The smallest absolute Gasteiger partial charge is 0.251 e. The lowest BCUT2D eigenvalue weighted by molar-refractivity contribution is -0.910. The second kappa shape index (κ2) is 9.32. The van der Waals surface area contributed by atoms with E-state index >= 15 is 0 Å². The van der Waals surface area contributed by atoms with E-state index in [1.54, 1.807) is 0 Å². The highest BCUT2D eigenvalue weighted by Gasteiger charge is 2.16. The zero-order chi connectivity index (χ0) is 20.0. The minimum absolute atomic E-state index is 0.0139. The number of hydrogen-bond acceptors (Lipinski definition) is 3. The lowest BCUT2D eigenvalue weighted by atomic mass is 10.1. The third kappa shape index (κ3) is 6.04. The summed E-state index contributed by atoms with van der Waals surface area (Å²) in [4.78, 5) is 13.5. The van der Waals surface area contributed by atoms with Gasteiger partial charge < -0.3 is 10.2 Å². The Hall–Kier alpha value is -1.93. The molecular weight excluding hydrogens is 386 g/mol. The number of hydrogen-bond donors (Lipinski definition) is 3. The zero-order valence-electron chi connectivity index (χ0n) is 15.5. The fourth-order valence-electron chi connectivity index (χ4n) is 2.71. The molecule has 146 valence electrons. The molecule has 0 aliphatic rings. The second-order valence-electron chi connectivity index (χ2n) is 6.32. The van der Waals surface area contributed by atoms with E-state index in [1.807, 2.05) is 12.1 Å². The number of primary sulfonamides is 1. The Morgan fingerprint density at radius 3 is 2.22 bits per heavy atom. The maximum absolute atomic E-state index is 12.3. The van der Waals surface area contributed by atoms with E-state index in [0.29, 0.717) is 6.54 Å². The Bertz CT molecular complexity index is 895. The molecule has 0 radical (unpaired) electrons. The fraction of sp³-hybridized carbons (Fsp3) is 0.316. The van der Waals surface area contributed by atoms with Crippen molar-refractivity contribution in [2.75, 3.05) is 13.1 Å². The molecule has 0 spiro atoms. The molecule has 4 N–H and O–H groups in total. The second-order valence-corrected chi connectivity index (χ2v) is 8.26. The monoisotopic (exact) mass is 410 g/mol. The summed E-state index contributed by atoms with van der Waals surface area (Å²) in [6, 6.07) is 12.1. The van der Waals surface area contributed by atoms with Crippen LogP contribution in [0.4, 0.5) is 0 Å². The first kappa shape index (κ1) is 21.4. The molecule has 8 heteroatoms. The molecule has 0 heterocycles. The number of rotatable bonds is 8. The van der Waals surface area contributed by atoms with Crippen LogP contribution in [0.3, 0.4) is 0 Å². The number of carbonyl (C=O) groups excluding carboxylic acids is 1. The number of quaternary nitrogens is 1. The number of halogens is 1. The highest BCUT2D eigenvalue weighted by Crippen LogP contribution is 2.21. The van der Waals surface area contributed by atoms with E-state index < -0.39 is 15.9 Å². The van der Waals surface area contributed by atoms with E-state index in [4.69, 9.17) is 16.7 Å². The summed E-state index contributed by atoms with van der Waals surface area (Å²) in [6.45, 7) is 7.80. The number of amides is 1. The molecule has 1 amide bonds. The molecule has 2 aromatic carbocycles. The van der Waals surface area contributed by atoms with Crippen LogP contribution in [0, 0.1) is 0 Å². The molecule has 0 fully saturated rings. The molecule has 0 saturated heterocycles. The highest BCUT2D eigenvalue weighted by molar-refractivity contribution is 7.89. The molecule has 0 bridgehead atoms. The van der Waals surface area contributed by atoms with Gasteiger partial charge in [0.2, 0.25) is 10.0 Å². The van der Waals surface area contributed by atoms with Gasteiger partial charge in [0.05, 0.1) is 18.1 Å². The maximum atomic E-state index is 12.3. The van der Waals surface area contributed by atoms with E-state index in [1.165, 1.54) is 28.7 Å². The zero-order valence-corrected chi connectivity index (χ0v) is 17.0. The van der Waals surface area contributed by atoms with E-state index in [9.17, 15) is 13.2 Å². The summed E-state index contributed by atoms with van der Waals surface area (Å²) >= 11 is 5.84. The van der Waals surface area contributed by atoms with Gasteiger partial charge in [-0.3, -0.25) is 4.79 Å². The summed E-state index contributed by atoms with van der Waals surface area (Å²) in [5, 5.41) is 7.87. The molecule has 0 aliphatic carbocycles. The average molecular weight is 411 g/mol. The van der Waals surface area contributed by atoms with Crippen LogP contribution in [0.5, 0.6) is 0 Å². The van der Waals surface area contributed by atoms with Gasteiger partial charge in [0.1, 0.15) is 11.4 Å². The Morgan fingerprint density at radius 1 is 1.07 bits per heavy atom. The van der Waals surface area contributed by atoms with E-state index in [2.05, 4.69) is 31.3 Å². The summed E-state index contributed by atoms with van der Waals surface area (Å²) in [5.41, 5.74) is 2.40. The number of nitrogens with two attached hydrogens (primary N) is 1. The number of nitrogens with one attached hydrogen (secondary N) is 2. The van der Waals surface area contributed by atoms with Crippen LogP contribution in [0.2, 0.25) is 5.02 Å². The summed E-state index contributed by atoms with van der Waals surface area (Å²) < 4.78 is 23.0. The van der Waals surface area contributed by atoms with Crippen LogP contribution >= 0.6 is 11.6 Å². The number of carbonyl (C=O) groups is 1. The van der Waals surface area contributed by atoms with E-state index in [-0.39, 0.29) is 15.5 Å². The summed E-state index contributed by atoms with van der Waals surface area (Å²) in [7, 11) is -3.99. The van der Waals surface area contributed by atoms with Gasteiger partial charge in [0.25, 0.3) is 5.91 Å². The first-order chi connectivity index (χ1) is 12.7. The van der Waals surface area contributed by atoms with Gasteiger partial charge in [-0.05, 0) is 37.6 Å². The van der Waals surface area contributed by atoms with Crippen molar-refractivity contribution in [2.24, 2.45) is 5.14 Å². The summed E-state index contributed by atoms with van der Waals surface area (Å²) in [6.07, 6.45) is 0. The molecule has 0 aromatic heterocycles. The average Bonchev–Trinajstić information content (AvgIpc) is 2.64. The topological polar surface area (TPSA) is 93.7 Å². The van der Waals surface area contributed by atoms with Gasteiger partial charge in [-0.2, -0.15) is 0 Å². The molecule has 6 nitrogen and oxygen atoms in total. The van der Waals surface area contributed by atoms with Crippen LogP contribution in [0.15, 0.2) is 47.4 Å². The lowest BCUT2D eigenvalue weighted by Crippen LogP contribution is -3.10. The van der Waals surface area contributed by atoms with Crippen molar-refractivity contribution in [2.45, 2.75) is 31.8 Å². The quantitative estimate of drug-likeness (QED) is 0.613. The minimum atomic E-state index is -3.99. The van der Waals surface area contributed by atoms with Crippen LogP contribution in [0.1, 0.15) is 35.3 Å².